The van der Waals surface area contributed by atoms with Crippen molar-refractivity contribution in [3.63, 3.8) is 0 Å². The molecule has 0 radical (unpaired) electrons. The van der Waals surface area contributed by atoms with Gasteiger partial charge in [-0.15, -0.1) is 0 Å². The second kappa shape index (κ2) is 6.43. The Hall–Kier alpha value is -3.01. The van der Waals surface area contributed by atoms with Crippen LogP contribution < -0.4 is 20.5 Å². The van der Waals surface area contributed by atoms with Crippen LogP contribution in [-0.4, -0.2) is 23.7 Å². The van der Waals surface area contributed by atoms with Crippen molar-refractivity contribution >= 4 is 17.2 Å². The van der Waals surface area contributed by atoms with Crippen molar-refractivity contribution < 1.29 is 9.47 Å². The van der Waals surface area contributed by atoms with Crippen molar-refractivity contribution in [1.82, 2.24) is 9.97 Å². The molecule has 7 heteroatoms. The van der Waals surface area contributed by atoms with E-state index >= 15 is 0 Å². The van der Waals surface area contributed by atoms with Gasteiger partial charge in [-0.05, 0) is 19.1 Å². The number of nitriles is 1. The number of benzene rings is 1. The van der Waals surface area contributed by atoms with E-state index in [0.717, 1.165) is 0 Å². The molecule has 0 aliphatic carbocycles. The van der Waals surface area contributed by atoms with Gasteiger partial charge in [0, 0.05) is 0 Å². The Balaban J connectivity index is 2.44. The van der Waals surface area contributed by atoms with Crippen molar-refractivity contribution in [3.8, 4) is 17.7 Å². The number of nitrogens with one attached hydrogen (secondary N) is 1. The zero-order valence-corrected chi connectivity index (χ0v) is 11.8. The molecule has 108 valence electrons. The lowest BCUT2D eigenvalue weighted by molar-refractivity contribution is 0.328. The molecular formula is C14H15N5O2. The number of para-hydroxylation sites is 1. The maximum Gasteiger partial charge on any atom is 0.242 e. The maximum atomic E-state index is 9.19. The van der Waals surface area contributed by atoms with E-state index < -0.39 is 0 Å². The molecule has 0 spiro atoms. The van der Waals surface area contributed by atoms with Crippen LogP contribution in [0.15, 0.2) is 24.5 Å². The van der Waals surface area contributed by atoms with Crippen molar-refractivity contribution in [3.05, 3.63) is 30.1 Å². The second-order valence-electron chi connectivity index (χ2n) is 3.99. The number of nitrogen functional groups attached to an aromatic ring is 1. The van der Waals surface area contributed by atoms with Crippen LogP contribution in [0.1, 0.15) is 12.5 Å². The normalized spacial score (nSPS) is 9.76. The fraction of sp³-hybridized carbons (Fsp3) is 0.214. The molecule has 1 aromatic heterocycles. The molecule has 0 amide bonds. The van der Waals surface area contributed by atoms with Crippen LogP contribution in [0.4, 0.5) is 17.2 Å². The number of hydrogen-bond acceptors (Lipinski definition) is 7. The Morgan fingerprint density at radius 2 is 2.19 bits per heavy atom. The van der Waals surface area contributed by atoms with E-state index in [9.17, 15) is 5.26 Å². The first-order valence-electron chi connectivity index (χ1n) is 6.28. The molecule has 1 heterocycles. The van der Waals surface area contributed by atoms with Gasteiger partial charge in [0.25, 0.3) is 0 Å². The predicted octanol–water partition coefficient (Wildman–Crippen LogP) is 2.08. The first-order chi connectivity index (χ1) is 10.2. The summed E-state index contributed by atoms with van der Waals surface area (Å²) in [5.74, 6) is 1.17. The van der Waals surface area contributed by atoms with Gasteiger partial charge in [0.15, 0.2) is 5.82 Å². The topological polar surface area (TPSA) is 106 Å². The number of anilines is 3. The van der Waals surface area contributed by atoms with Gasteiger partial charge in [-0.2, -0.15) is 10.2 Å². The van der Waals surface area contributed by atoms with E-state index in [1.807, 2.05) is 6.92 Å². The predicted molar refractivity (Wildman–Crippen MR) is 78.6 cm³/mol. The van der Waals surface area contributed by atoms with E-state index in [0.29, 0.717) is 35.3 Å². The molecule has 1 aromatic carbocycles. The fourth-order valence-electron chi connectivity index (χ4n) is 1.77. The lowest BCUT2D eigenvalue weighted by atomic mass is 10.1. The highest BCUT2D eigenvalue weighted by molar-refractivity contribution is 5.78. The molecule has 21 heavy (non-hydrogen) atoms. The average Bonchev–Trinajstić information content (AvgIpc) is 2.51. The van der Waals surface area contributed by atoms with Crippen LogP contribution in [0, 0.1) is 11.3 Å². The molecular weight excluding hydrogens is 270 g/mol. The smallest absolute Gasteiger partial charge is 0.242 e. The average molecular weight is 285 g/mol. The summed E-state index contributed by atoms with van der Waals surface area (Å²) >= 11 is 0. The molecule has 2 rings (SSSR count). The third-order valence-electron chi connectivity index (χ3n) is 2.74. The first-order valence-corrected chi connectivity index (χ1v) is 6.28. The highest BCUT2D eigenvalue weighted by Crippen LogP contribution is 2.34. The highest BCUT2D eigenvalue weighted by atomic mass is 16.5. The Kier molecular flexibility index (Phi) is 4.41. The van der Waals surface area contributed by atoms with Gasteiger partial charge in [0.1, 0.15) is 29.5 Å². The van der Waals surface area contributed by atoms with Crippen molar-refractivity contribution in [2.45, 2.75) is 6.92 Å². The molecule has 0 aliphatic rings. The van der Waals surface area contributed by atoms with Gasteiger partial charge in [0.2, 0.25) is 5.88 Å². The Bertz CT molecular complexity index is 682. The van der Waals surface area contributed by atoms with E-state index in [-0.39, 0.29) is 5.69 Å². The van der Waals surface area contributed by atoms with Crippen molar-refractivity contribution in [2.75, 3.05) is 24.8 Å². The molecule has 0 unspecified atom stereocenters. The summed E-state index contributed by atoms with van der Waals surface area (Å²) in [7, 11) is 1.52. The van der Waals surface area contributed by atoms with E-state index in [1.54, 1.807) is 18.2 Å². The van der Waals surface area contributed by atoms with E-state index in [2.05, 4.69) is 21.4 Å². The van der Waals surface area contributed by atoms with E-state index in [1.165, 1.54) is 13.4 Å². The van der Waals surface area contributed by atoms with E-state index in [4.69, 9.17) is 15.2 Å². The van der Waals surface area contributed by atoms with Crippen molar-refractivity contribution in [1.29, 1.82) is 5.26 Å². The maximum absolute atomic E-state index is 9.19. The van der Waals surface area contributed by atoms with Crippen LogP contribution >= 0.6 is 0 Å². The van der Waals surface area contributed by atoms with Gasteiger partial charge < -0.3 is 20.5 Å². The molecule has 0 saturated heterocycles. The molecule has 0 bridgehead atoms. The summed E-state index contributed by atoms with van der Waals surface area (Å²) in [6, 6.07) is 7.24. The molecule has 3 N–H and O–H groups in total. The number of hydrogen-bond donors (Lipinski definition) is 2. The van der Waals surface area contributed by atoms with Crippen LogP contribution in [0.25, 0.3) is 0 Å². The summed E-state index contributed by atoms with van der Waals surface area (Å²) in [6.45, 7) is 2.28. The monoisotopic (exact) mass is 285 g/mol. The molecule has 0 aliphatic heterocycles. The van der Waals surface area contributed by atoms with Gasteiger partial charge in [-0.3, -0.25) is 0 Å². The minimum Gasteiger partial charge on any atom is -0.495 e. The van der Waals surface area contributed by atoms with Gasteiger partial charge >= 0.3 is 0 Å². The first kappa shape index (κ1) is 14.4. The van der Waals surface area contributed by atoms with Crippen molar-refractivity contribution in [2.24, 2.45) is 0 Å². The molecule has 0 fully saturated rings. The number of nitrogens with two attached hydrogens (primary N) is 1. The Morgan fingerprint density at radius 3 is 2.86 bits per heavy atom. The highest BCUT2D eigenvalue weighted by Gasteiger charge is 2.14. The molecule has 0 saturated carbocycles. The summed E-state index contributed by atoms with van der Waals surface area (Å²) in [5.41, 5.74) is 7.15. The van der Waals surface area contributed by atoms with Crippen LogP contribution in [0.5, 0.6) is 11.6 Å². The third kappa shape index (κ3) is 2.95. The summed E-state index contributed by atoms with van der Waals surface area (Å²) in [5, 5.41) is 12.2. The largest absolute Gasteiger partial charge is 0.495 e. The van der Waals surface area contributed by atoms with Gasteiger partial charge in [-0.25, -0.2) is 4.98 Å². The fourth-order valence-corrected chi connectivity index (χ4v) is 1.77. The lowest BCUT2D eigenvalue weighted by Crippen LogP contribution is -2.06. The Labute approximate surface area is 122 Å². The number of methoxy groups -OCH3 is 1. The quantitative estimate of drug-likeness (QED) is 0.866. The number of ether oxygens (including phenoxy) is 2. The van der Waals surface area contributed by atoms with Crippen LogP contribution in [0.3, 0.4) is 0 Å². The minimum atomic E-state index is 0.272. The summed E-state index contributed by atoms with van der Waals surface area (Å²) in [4.78, 5) is 8.04. The third-order valence-corrected chi connectivity index (χ3v) is 2.74. The summed E-state index contributed by atoms with van der Waals surface area (Å²) < 4.78 is 10.6. The zero-order chi connectivity index (χ0) is 15.2. The molecule has 0 atom stereocenters. The number of nitrogens with zero attached hydrogens (tertiary/aromatic N) is 3. The van der Waals surface area contributed by atoms with Crippen LogP contribution in [-0.2, 0) is 0 Å². The summed E-state index contributed by atoms with van der Waals surface area (Å²) in [6.07, 6.45) is 1.34. The SMILES string of the molecule is CCOc1ncnc(Nc2c(C#N)cccc2OC)c1N. The Morgan fingerprint density at radius 1 is 1.38 bits per heavy atom. The zero-order valence-electron chi connectivity index (χ0n) is 11.8. The number of aromatic nitrogens is 2. The second-order valence-corrected chi connectivity index (χ2v) is 3.99. The molecule has 2 aromatic rings. The number of rotatable bonds is 5. The molecule has 7 nitrogen and oxygen atoms in total. The van der Waals surface area contributed by atoms with Crippen LogP contribution in [0.2, 0.25) is 0 Å². The lowest BCUT2D eigenvalue weighted by Gasteiger charge is -2.14. The minimum absolute atomic E-state index is 0.272. The standard InChI is InChI=1S/C14H15N5O2/c1-3-21-14-11(16)13(17-8-18-14)19-12-9(7-15)5-4-6-10(12)20-2/h4-6,8H,3,16H2,1-2H3,(H,17,18,19). The van der Waals surface area contributed by atoms with Gasteiger partial charge in [-0.1, -0.05) is 6.07 Å². The van der Waals surface area contributed by atoms with Gasteiger partial charge in [0.05, 0.1) is 19.3 Å².